The minimum absolute atomic E-state index is 0.228. The molecule has 0 N–H and O–H groups in total. The lowest BCUT2D eigenvalue weighted by Crippen LogP contribution is -2.10. The summed E-state index contributed by atoms with van der Waals surface area (Å²) in [6.07, 6.45) is 6.61. The quantitative estimate of drug-likeness (QED) is 0.317. The van der Waals surface area contributed by atoms with Gasteiger partial charge in [0.25, 0.3) is 0 Å². The zero-order valence-electron chi connectivity index (χ0n) is 7.55. The van der Waals surface area contributed by atoms with E-state index in [-0.39, 0.29) is 10.8 Å². The smallest absolute Gasteiger partial charge is 0.324 e. The Balaban J connectivity index is 3.40. The van der Waals surface area contributed by atoms with Crippen molar-refractivity contribution in [2.45, 2.75) is 37.9 Å². The van der Waals surface area contributed by atoms with Crippen LogP contribution in [0.1, 0.15) is 33.1 Å². The third-order valence-electron chi connectivity index (χ3n) is 1.33. The van der Waals surface area contributed by atoms with Crippen LogP contribution in [0.15, 0.2) is 12.3 Å². The number of esters is 1. The van der Waals surface area contributed by atoms with E-state index in [0.717, 1.165) is 19.3 Å². The van der Waals surface area contributed by atoms with Crippen LogP contribution in [0.4, 0.5) is 0 Å². The molecule has 0 radical (unpaired) electrons. The minimum Gasteiger partial charge on any atom is -0.434 e. The first-order valence-corrected chi connectivity index (χ1v) is 5.09. The maximum absolute atomic E-state index is 10.9. The van der Waals surface area contributed by atoms with Crippen molar-refractivity contribution in [1.82, 2.24) is 0 Å². The highest BCUT2D eigenvalue weighted by molar-refractivity contribution is 9.10. The fourth-order valence-electron chi connectivity index (χ4n) is 0.599. The van der Waals surface area contributed by atoms with Gasteiger partial charge in [0.05, 0.1) is 6.26 Å². The largest absolute Gasteiger partial charge is 0.434 e. The number of allylic oxidation sites excluding steroid dienone is 1. The molecule has 0 rings (SSSR count). The third-order valence-corrected chi connectivity index (χ3v) is 1.70. The van der Waals surface area contributed by atoms with E-state index in [1.54, 1.807) is 6.92 Å². The molecular weight excluding hydrogens is 220 g/mol. The van der Waals surface area contributed by atoms with Gasteiger partial charge in [0.2, 0.25) is 0 Å². The van der Waals surface area contributed by atoms with Gasteiger partial charge in [-0.05, 0) is 25.8 Å². The minimum atomic E-state index is -0.247. The van der Waals surface area contributed by atoms with Gasteiger partial charge in [-0.3, -0.25) is 4.79 Å². The van der Waals surface area contributed by atoms with E-state index < -0.39 is 0 Å². The predicted molar refractivity (Wildman–Crippen MR) is 53.1 cm³/mol. The summed E-state index contributed by atoms with van der Waals surface area (Å²) in [5, 5.41) is 0. The Morgan fingerprint density at radius 2 is 2.33 bits per heavy atom. The van der Waals surface area contributed by atoms with Crippen LogP contribution in [0, 0.1) is 0 Å². The van der Waals surface area contributed by atoms with E-state index in [1.807, 2.05) is 6.08 Å². The average Bonchev–Trinajstić information content (AvgIpc) is 2.03. The van der Waals surface area contributed by atoms with Crippen LogP contribution in [-0.2, 0) is 9.53 Å². The van der Waals surface area contributed by atoms with Crippen LogP contribution in [0.2, 0.25) is 0 Å². The Kier molecular flexibility index (Phi) is 7.16. The second-order valence-electron chi connectivity index (χ2n) is 2.57. The molecule has 0 fully saturated rings. The maximum Gasteiger partial charge on any atom is 0.324 e. The molecule has 1 atom stereocenters. The summed E-state index contributed by atoms with van der Waals surface area (Å²) in [4.78, 5) is 10.6. The van der Waals surface area contributed by atoms with Crippen molar-refractivity contribution in [3.8, 4) is 0 Å². The van der Waals surface area contributed by atoms with Gasteiger partial charge in [-0.1, -0.05) is 29.3 Å². The number of carbonyl (C=O) groups excluding carboxylic acids is 1. The van der Waals surface area contributed by atoms with Gasteiger partial charge in [-0.2, -0.15) is 0 Å². The van der Waals surface area contributed by atoms with Crippen molar-refractivity contribution in [3.05, 3.63) is 12.3 Å². The molecule has 0 amide bonds. The molecule has 70 valence electrons. The molecule has 0 aromatic carbocycles. The summed E-state index contributed by atoms with van der Waals surface area (Å²) in [7, 11) is 0. The molecule has 12 heavy (non-hydrogen) atoms. The van der Waals surface area contributed by atoms with Crippen molar-refractivity contribution in [1.29, 1.82) is 0 Å². The summed E-state index contributed by atoms with van der Waals surface area (Å²) in [5.74, 6) is -0.247. The molecule has 0 aliphatic heterocycles. The molecule has 0 heterocycles. The summed E-state index contributed by atoms with van der Waals surface area (Å²) in [5.41, 5.74) is 0. The van der Waals surface area contributed by atoms with E-state index in [0.29, 0.717) is 0 Å². The number of ether oxygens (including phenoxy) is 1. The number of halogens is 1. The van der Waals surface area contributed by atoms with Crippen molar-refractivity contribution < 1.29 is 9.53 Å². The Morgan fingerprint density at radius 3 is 2.83 bits per heavy atom. The molecule has 0 bridgehead atoms. The van der Waals surface area contributed by atoms with Crippen LogP contribution < -0.4 is 0 Å². The van der Waals surface area contributed by atoms with Crippen molar-refractivity contribution >= 4 is 21.9 Å². The number of alkyl halides is 1. The molecular formula is C9H15BrO2. The second-order valence-corrected chi connectivity index (χ2v) is 3.94. The molecule has 1 unspecified atom stereocenters. The first-order chi connectivity index (χ1) is 5.68. The zero-order valence-corrected chi connectivity index (χ0v) is 9.13. The van der Waals surface area contributed by atoms with Gasteiger partial charge in [0.1, 0.15) is 4.83 Å². The van der Waals surface area contributed by atoms with E-state index in [9.17, 15) is 4.79 Å². The Hall–Kier alpha value is -0.310. The Bertz CT molecular complexity index is 153. The Labute approximate surface area is 82.1 Å². The molecule has 0 spiro atoms. The van der Waals surface area contributed by atoms with Gasteiger partial charge in [0.15, 0.2) is 0 Å². The number of hydrogen-bond acceptors (Lipinski definition) is 2. The summed E-state index contributed by atoms with van der Waals surface area (Å²) in [6, 6.07) is 0. The molecule has 0 aromatic rings. The fourth-order valence-corrected chi connectivity index (χ4v) is 0.707. The summed E-state index contributed by atoms with van der Waals surface area (Å²) in [6.45, 7) is 3.86. The zero-order chi connectivity index (χ0) is 9.40. The fraction of sp³-hybridized carbons (Fsp3) is 0.667. The van der Waals surface area contributed by atoms with Crippen molar-refractivity contribution in [2.75, 3.05) is 0 Å². The van der Waals surface area contributed by atoms with Gasteiger partial charge >= 0.3 is 5.97 Å². The van der Waals surface area contributed by atoms with Crippen molar-refractivity contribution in [3.63, 3.8) is 0 Å². The lowest BCUT2D eigenvalue weighted by Gasteiger charge is -1.99. The average molecular weight is 235 g/mol. The first kappa shape index (κ1) is 11.7. The first-order valence-electron chi connectivity index (χ1n) is 4.18. The lowest BCUT2D eigenvalue weighted by molar-refractivity contribution is -0.136. The van der Waals surface area contributed by atoms with Gasteiger partial charge in [-0.25, -0.2) is 0 Å². The monoisotopic (exact) mass is 234 g/mol. The van der Waals surface area contributed by atoms with E-state index in [2.05, 4.69) is 22.9 Å². The molecule has 2 nitrogen and oxygen atoms in total. The van der Waals surface area contributed by atoms with Crippen molar-refractivity contribution in [2.24, 2.45) is 0 Å². The number of carbonyl (C=O) groups is 1. The molecule has 3 heteroatoms. The molecule has 0 aliphatic rings. The summed E-state index contributed by atoms with van der Waals surface area (Å²) < 4.78 is 4.78. The van der Waals surface area contributed by atoms with Gasteiger partial charge < -0.3 is 4.74 Å². The standard InChI is InChI=1S/C9H15BrO2/c1-3-4-5-6-7-12-9(11)8(2)10/h6-8H,3-5H2,1-2H3. The Morgan fingerprint density at radius 1 is 1.67 bits per heavy atom. The molecule has 0 saturated carbocycles. The predicted octanol–water partition coefficient (Wildman–Crippen LogP) is 3.02. The van der Waals surface area contributed by atoms with E-state index >= 15 is 0 Å². The van der Waals surface area contributed by atoms with Crippen LogP contribution in [-0.4, -0.2) is 10.8 Å². The number of hydrogen-bond donors (Lipinski definition) is 0. The third kappa shape index (κ3) is 6.40. The van der Waals surface area contributed by atoms with Crippen LogP contribution in [0.5, 0.6) is 0 Å². The maximum atomic E-state index is 10.9. The highest BCUT2D eigenvalue weighted by Crippen LogP contribution is 2.01. The van der Waals surface area contributed by atoms with Crippen LogP contribution in [0.3, 0.4) is 0 Å². The number of rotatable bonds is 5. The molecule has 0 aliphatic carbocycles. The molecule has 0 saturated heterocycles. The van der Waals surface area contributed by atoms with E-state index in [1.165, 1.54) is 6.26 Å². The molecule has 0 aromatic heterocycles. The van der Waals surface area contributed by atoms with Crippen LogP contribution >= 0.6 is 15.9 Å². The normalized spacial score (nSPS) is 13.2. The van der Waals surface area contributed by atoms with Gasteiger partial charge in [0, 0.05) is 0 Å². The van der Waals surface area contributed by atoms with E-state index in [4.69, 9.17) is 4.74 Å². The highest BCUT2D eigenvalue weighted by Gasteiger charge is 2.07. The highest BCUT2D eigenvalue weighted by atomic mass is 79.9. The topological polar surface area (TPSA) is 26.3 Å². The summed E-state index contributed by atoms with van der Waals surface area (Å²) >= 11 is 3.11. The van der Waals surface area contributed by atoms with Crippen LogP contribution in [0.25, 0.3) is 0 Å². The SMILES string of the molecule is CCCCC=COC(=O)C(C)Br. The lowest BCUT2D eigenvalue weighted by atomic mass is 10.2. The number of unbranched alkanes of at least 4 members (excludes halogenated alkanes) is 2. The van der Waals surface area contributed by atoms with Gasteiger partial charge in [-0.15, -0.1) is 0 Å². The second kappa shape index (κ2) is 7.35.